The highest BCUT2D eigenvalue weighted by Gasteiger charge is 2.35. The molecule has 8 heteroatoms. The number of aryl methyl sites for hydroxylation is 1. The van der Waals surface area contributed by atoms with Gasteiger partial charge in [-0.2, -0.15) is 5.10 Å². The summed E-state index contributed by atoms with van der Waals surface area (Å²) in [4.78, 5) is 27.4. The lowest BCUT2D eigenvalue weighted by atomic mass is 9.85. The van der Waals surface area contributed by atoms with Crippen LogP contribution in [-0.4, -0.2) is 68.4 Å². The molecule has 0 saturated heterocycles. The molecule has 1 fully saturated rings. The van der Waals surface area contributed by atoms with Crippen LogP contribution >= 0.6 is 0 Å². The Hall–Kier alpha value is -2.09. The minimum Gasteiger partial charge on any atom is -0.480 e. The molecule has 0 aliphatic heterocycles. The predicted molar refractivity (Wildman–Crippen MR) is 98.7 cm³/mol. The number of rotatable bonds is 9. The Morgan fingerprint density at radius 1 is 1.42 bits per heavy atom. The quantitative estimate of drug-likeness (QED) is 0.692. The van der Waals surface area contributed by atoms with Crippen LogP contribution in [-0.2, 0) is 18.4 Å². The standard InChI is InChI=1S/C18H31N5O3/c1-5-22(12-17(24)25)16-6-15(7-16)20-18(26)23(9-13(2)3)11-14-8-19-21(4)10-14/h8,10,13,15-16H,5-7,9,11-12H2,1-4H3,(H,20,26)(H,24,25). The lowest BCUT2D eigenvalue weighted by Gasteiger charge is -2.42. The van der Waals surface area contributed by atoms with Crippen LogP contribution in [0.3, 0.4) is 0 Å². The van der Waals surface area contributed by atoms with Crippen LogP contribution in [0.4, 0.5) is 4.79 Å². The topological polar surface area (TPSA) is 90.7 Å². The molecule has 1 aliphatic carbocycles. The summed E-state index contributed by atoms with van der Waals surface area (Å²) in [6.45, 7) is 8.13. The normalized spacial score (nSPS) is 19.5. The van der Waals surface area contributed by atoms with Gasteiger partial charge in [-0.1, -0.05) is 20.8 Å². The second kappa shape index (κ2) is 9.02. The molecule has 0 atom stereocenters. The summed E-state index contributed by atoms with van der Waals surface area (Å²) >= 11 is 0. The number of carboxylic acid groups (broad SMARTS) is 1. The first-order chi connectivity index (χ1) is 12.3. The minimum atomic E-state index is -0.807. The molecule has 2 rings (SSSR count). The van der Waals surface area contributed by atoms with Crippen molar-refractivity contribution >= 4 is 12.0 Å². The smallest absolute Gasteiger partial charge is 0.317 e. The highest BCUT2D eigenvalue weighted by molar-refractivity contribution is 5.74. The van der Waals surface area contributed by atoms with Gasteiger partial charge in [0, 0.05) is 37.4 Å². The van der Waals surface area contributed by atoms with Crippen molar-refractivity contribution in [1.82, 2.24) is 24.9 Å². The number of hydrogen-bond acceptors (Lipinski definition) is 4. The van der Waals surface area contributed by atoms with Gasteiger partial charge in [0.1, 0.15) is 0 Å². The molecule has 2 N–H and O–H groups in total. The van der Waals surface area contributed by atoms with Crippen LogP contribution in [0, 0.1) is 5.92 Å². The second-order valence-corrected chi connectivity index (χ2v) is 7.53. The Labute approximate surface area is 155 Å². The van der Waals surface area contributed by atoms with Crippen LogP contribution in [0.15, 0.2) is 12.4 Å². The van der Waals surface area contributed by atoms with E-state index in [4.69, 9.17) is 5.11 Å². The largest absolute Gasteiger partial charge is 0.480 e. The Kier molecular flexibility index (Phi) is 7.02. The highest BCUT2D eigenvalue weighted by atomic mass is 16.4. The number of hydrogen-bond donors (Lipinski definition) is 2. The molecule has 0 aromatic carbocycles. The fourth-order valence-electron chi connectivity index (χ4n) is 3.38. The molecule has 0 bridgehead atoms. The molecular weight excluding hydrogens is 334 g/mol. The zero-order chi connectivity index (χ0) is 19.3. The SMILES string of the molecule is CCN(CC(=O)O)C1CC(NC(=O)N(Cc2cnn(C)c2)CC(C)C)C1. The summed E-state index contributed by atoms with van der Waals surface area (Å²) in [7, 11) is 1.86. The van der Waals surface area contributed by atoms with E-state index in [1.54, 1.807) is 10.9 Å². The molecule has 1 aromatic heterocycles. The first-order valence-corrected chi connectivity index (χ1v) is 9.27. The number of aliphatic carboxylic acids is 1. The van der Waals surface area contributed by atoms with E-state index >= 15 is 0 Å². The van der Waals surface area contributed by atoms with Crippen molar-refractivity contribution in [3.63, 3.8) is 0 Å². The molecular formula is C18H31N5O3. The number of carbonyl (C=O) groups excluding carboxylic acids is 1. The van der Waals surface area contributed by atoms with Crippen LogP contribution < -0.4 is 5.32 Å². The van der Waals surface area contributed by atoms with E-state index in [2.05, 4.69) is 24.3 Å². The van der Waals surface area contributed by atoms with Gasteiger partial charge in [-0.05, 0) is 25.3 Å². The summed E-state index contributed by atoms with van der Waals surface area (Å²) < 4.78 is 1.74. The van der Waals surface area contributed by atoms with Crippen molar-refractivity contribution in [2.45, 2.75) is 52.2 Å². The summed E-state index contributed by atoms with van der Waals surface area (Å²) in [5.41, 5.74) is 1.01. The van der Waals surface area contributed by atoms with Gasteiger partial charge >= 0.3 is 12.0 Å². The number of urea groups is 1. The molecule has 1 heterocycles. The lowest BCUT2D eigenvalue weighted by molar-refractivity contribution is -0.139. The Bertz CT molecular complexity index is 610. The fraction of sp³-hybridized carbons (Fsp3) is 0.722. The average molecular weight is 365 g/mol. The molecule has 2 amide bonds. The van der Waals surface area contributed by atoms with E-state index in [0.717, 1.165) is 18.4 Å². The number of carbonyl (C=O) groups is 2. The maximum absolute atomic E-state index is 12.7. The van der Waals surface area contributed by atoms with E-state index in [-0.39, 0.29) is 24.7 Å². The van der Waals surface area contributed by atoms with Crippen LogP contribution in [0.2, 0.25) is 0 Å². The number of aromatic nitrogens is 2. The summed E-state index contributed by atoms with van der Waals surface area (Å²) in [5.74, 6) is -0.434. The minimum absolute atomic E-state index is 0.0579. The maximum Gasteiger partial charge on any atom is 0.317 e. The lowest BCUT2D eigenvalue weighted by Crippen LogP contribution is -2.57. The fourth-order valence-corrected chi connectivity index (χ4v) is 3.38. The Morgan fingerprint density at radius 3 is 2.62 bits per heavy atom. The number of amides is 2. The van der Waals surface area contributed by atoms with Gasteiger partial charge in [0.2, 0.25) is 0 Å². The summed E-state index contributed by atoms with van der Waals surface area (Å²) in [6.07, 6.45) is 5.31. The van der Waals surface area contributed by atoms with Gasteiger partial charge in [0.05, 0.1) is 19.3 Å². The molecule has 1 saturated carbocycles. The maximum atomic E-state index is 12.7. The van der Waals surface area contributed by atoms with E-state index in [9.17, 15) is 9.59 Å². The van der Waals surface area contributed by atoms with Crippen molar-refractivity contribution in [3.8, 4) is 0 Å². The number of carboxylic acids is 1. The molecule has 146 valence electrons. The Morgan fingerprint density at radius 2 is 2.12 bits per heavy atom. The first kappa shape index (κ1) is 20.2. The molecule has 26 heavy (non-hydrogen) atoms. The van der Waals surface area contributed by atoms with Crippen molar-refractivity contribution in [1.29, 1.82) is 0 Å². The summed E-state index contributed by atoms with van der Waals surface area (Å²) in [6, 6.07) is 0.282. The van der Waals surface area contributed by atoms with Gasteiger partial charge in [0.25, 0.3) is 0 Å². The third kappa shape index (κ3) is 5.72. The third-order valence-corrected chi connectivity index (χ3v) is 4.71. The Balaban J connectivity index is 1.86. The van der Waals surface area contributed by atoms with Crippen molar-refractivity contribution < 1.29 is 14.7 Å². The molecule has 0 radical (unpaired) electrons. The van der Waals surface area contributed by atoms with Crippen LogP contribution in [0.1, 0.15) is 39.2 Å². The third-order valence-electron chi connectivity index (χ3n) is 4.71. The average Bonchev–Trinajstić information content (AvgIpc) is 2.92. The van der Waals surface area contributed by atoms with E-state index in [1.807, 2.05) is 30.0 Å². The van der Waals surface area contributed by atoms with Crippen LogP contribution in [0.5, 0.6) is 0 Å². The van der Waals surface area contributed by atoms with E-state index in [0.29, 0.717) is 25.6 Å². The van der Waals surface area contributed by atoms with E-state index < -0.39 is 5.97 Å². The van der Waals surface area contributed by atoms with Crippen LogP contribution in [0.25, 0.3) is 0 Å². The van der Waals surface area contributed by atoms with Gasteiger partial charge in [-0.25, -0.2) is 4.79 Å². The van der Waals surface area contributed by atoms with E-state index in [1.165, 1.54) is 0 Å². The zero-order valence-electron chi connectivity index (χ0n) is 16.2. The number of nitrogens with zero attached hydrogens (tertiary/aromatic N) is 4. The second-order valence-electron chi connectivity index (χ2n) is 7.53. The van der Waals surface area contributed by atoms with Crippen molar-refractivity contribution in [3.05, 3.63) is 18.0 Å². The molecule has 1 aromatic rings. The van der Waals surface area contributed by atoms with Gasteiger partial charge in [0.15, 0.2) is 0 Å². The zero-order valence-corrected chi connectivity index (χ0v) is 16.2. The number of likely N-dealkylation sites (N-methyl/N-ethyl adjacent to an activating group) is 1. The van der Waals surface area contributed by atoms with Gasteiger partial charge in [-0.3, -0.25) is 14.4 Å². The first-order valence-electron chi connectivity index (χ1n) is 9.27. The molecule has 0 unspecified atom stereocenters. The van der Waals surface area contributed by atoms with Crippen molar-refractivity contribution in [2.75, 3.05) is 19.6 Å². The highest BCUT2D eigenvalue weighted by Crippen LogP contribution is 2.26. The monoisotopic (exact) mass is 365 g/mol. The summed E-state index contributed by atoms with van der Waals surface area (Å²) in [5, 5.41) is 16.2. The predicted octanol–water partition coefficient (Wildman–Crippen LogP) is 1.53. The molecule has 0 spiro atoms. The molecule has 8 nitrogen and oxygen atoms in total. The van der Waals surface area contributed by atoms with Gasteiger partial charge < -0.3 is 15.3 Å². The van der Waals surface area contributed by atoms with Crippen molar-refractivity contribution in [2.24, 2.45) is 13.0 Å². The molecule has 1 aliphatic rings. The number of nitrogens with one attached hydrogen (secondary N) is 1. The van der Waals surface area contributed by atoms with Gasteiger partial charge in [-0.15, -0.1) is 0 Å².